The maximum absolute atomic E-state index is 16.0. The number of nitrogens with zero attached hydrogens (tertiary/aromatic N) is 4. The fourth-order valence-corrected chi connectivity index (χ4v) is 8.32. The van der Waals surface area contributed by atoms with Crippen LogP contribution in [-0.4, -0.2) is 92.8 Å². The van der Waals surface area contributed by atoms with Gasteiger partial charge in [0.05, 0.1) is 18.0 Å². The molecule has 2 saturated heterocycles. The molecule has 0 spiro atoms. The third kappa shape index (κ3) is 9.55. The molecular formula is C35H45ClF2N6O7S. The minimum Gasteiger partial charge on any atom is -0.444 e. The Bertz CT molecular complexity index is 1760. The number of ketones is 1. The molecule has 2 aromatic rings. The second-order valence-corrected chi connectivity index (χ2v) is 16.7. The molecule has 2 N–H and O–H groups in total. The van der Waals surface area contributed by atoms with Gasteiger partial charge in [0.1, 0.15) is 16.6 Å². The Morgan fingerprint density at radius 2 is 1.58 bits per heavy atom. The van der Waals surface area contributed by atoms with Crippen molar-refractivity contribution in [2.75, 3.05) is 55.6 Å². The number of carbonyl (C=O) groups excluding carboxylic acids is 4. The molecule has 1 aliphatic carbocycles. The number of Topliss-reactive ketones (excluding diaryl/α,β-unsaturated/α-hetero) is 1. The van der Waals surface area contributed by atoms with E-state index < -0.39 is 51.2 Å². The van der Waals surface area contributed by atoms with E-state index >= 15 is 8.78 Å². The zero-order valence-corrected chi connectivity index (χ0v) is 31.1. The van der Waals surface area contributed by atoms with Gasteiger partial charge in [-0.15, -0.1) is 0 Å². The van der Waals surface area contributed by atoms with Crippen LogP contribution in [0.15, 0.2) is 41.3 Å². The molecule has 13 nitrogen and oxygen atoms in total. The average Bonchev–Trinajstić information content (AvgIpc) is 3.54. The Morgan fingerprint density at radius 1 is 0.942 bits per heavy atom. The van der Waals surface area contributed by atoms with Crippen molar-refractivity contribution in [3.63, 3.8) is 0 Å². The number of ether oxygens (including phenoxy) is 1. The van der Waals surface area contributed by atoms with Gasteiger partial charge in [-0.2, -0.15) is 4.31 Å². The second kappa shape index (κ2) is 16.0. The summed E-state index contributed by atoms with van der Waals surface area (Å²) in [6.45, 7) is 5.65. The number of alkyl carbamates (subject to hydrolysis) is 1. The first-order valence-electron chi connectivity index (χ1n) is 17.4. The fourth-order valence-electron chi connectivity index (χ4n) is 6.69. The van der Waals surface area contributed by atoms with Crippen molar-refractivity contribution in [2.24, 2.45) is 11.8 Å². The predicted octanol–water partition coefficient (Wildman–Crippen LogP) is 4.48. The summed E-state index contributed by atoms with van der Waals surface area (Å²) in [6.07, 6.45) is 1.03. The lowest BCUT2D eigenvalue weighted by Gasteiger charge is -2.36. The summed E-state index contributed by atoms with van der Waals surface area (Å²) in [4.78, 5) is 56.4. The number of amides is 3. The molecule has 52 heavy (non-hydrogen) atoms. The molecule has 5 rings (SSSR count). The van der Waals surface area contributed by atoms with E-state index in [2.05, 4.69) is 15.6 Å². The van der Waals surface area contributed by atoms with Crippen LogP contribution in [-0.2, 0) is 35.1 Å². The van der Waals surface area contributed by atoms with Crippen molar-refractivity contribution in [2.45, 2.75) is 75.7 Å². The van der Waals surface area contributed by atoms with Crippen molar-refractivity contribution in [3.05, 3.63) is 47.1 Å². The largest absolute Gasteiger partial charge is 0.444 e. The molecule has 0 atom stereocenters. The van der Waals surface area contributed by atoms with Crippen LogP contribution in [0, 0.1) is 11.8 Å². The Balaban J connectivity index is 1.12. The van der Waals surface area contributed by atoms with Gasteiger partial charge in [0.2, 0.25) is 21.8 Å². The van der Waals surface area contributed by atoms with E-state index in [0.717, 1.165) is 12.5 Å². The first kappa shape index (κ1) is 39.3. The number of carbonyl (C=O) groups is 4. The third-order valence-corrected chi connectivity index (χ3v) is 11.6. The molecule has 3 aliphatic rings. The molecule has 1 aromatic heterocycles. The molecule has 17 heteroatoms. The van der Waals surface area contributed by atoms with Gasteiger partial charge in [0.15, 0.2) is 5.78 Å². The minimum atomic E-state index is -3.83. The van der Waals surface area contributed by atoms with E-state index in [-0.39, 0.29) is 92.3 Å². The quantitative estimate of drug-likeness (QED) is 0.315. The maximum Gasteiger partial charge on any atom is 0.408 e. The number of alkyl halides is 2. The predicted molar refractivity (Wildman–Crippen MR) is 190 cm³/mol. The summed E-state index contributed by atoms with van der Waals surface area (Å²) in [5, 5.41) is 4.76. The second-order valence-electron chi connectivity index (χ2n) is 14.4. The molecule has 0 radical (unpaired) electrons. The summed E-state index contributed by atoms with van der Waals surface area (Å²) in [5.41, 5.74) is -0.370. The number of aromatic nitrogens is 1. The van der Waals surface area contributed by atoms with Crippen molar-refractivity contribution in [1.29, 1.82) is 0 Å². The van der Waals surface area contributed by atoms with E-state index in [0.29, 0.717) is 18.7 Å². The molecule has 0 bridgehead atoms. The highest BCUT2D eigenvalue weighted by atomic mass is 35.5. The monoisotopic (exact) mass is 766 g/mol. The molecule has 3 amide bonds. The van der Waals surface area contributed by atoms with Crippen LogP contribution in [0.2, 0.25) is 5.15 Å². The van der Waals surface area contributed by atoms with Gasteiger partial charge in [0.25, 0.3) is 5.92 Å². The first-order valence-corrected chi connectivity index (χ1v) is 19.2. The van der Waals surface area contributed by atoms with E-state index in [1.807, 2.05) is 0 Å². The lowest BCUT2D eigenvalue weighted by molar-refractivity contribution is -0.131. The summed E-state index contributed by atoms with van der Waals surface area (Å²) >= 11 is 6.24. The number of piperazine rings is 1. The van der Waals surface area contributed by atoms with Crippen LogP contribution in [0.5, 0.6) is 0 Å². The van der Waals surface area contributed by atoms with Gasteiger partial charge in [0, 0.05) is 62.2 Å². The molecule has 0 unspecified atom stereocenters. The summed E-state index contributed by atoms with van der Waals surface area (Å²) < 4.78 is 65.1. The number of benzene rings is 1. The van der Waals surface area contributed by atoms with Crippen molar-refractivity contribution < 1.29 is 41.1 Å². The summed E-state index contributed by atoms with van der Waals surface area (Å²) in [6, 6.07) is 8.68. The third-order valence-electron chi connectivity index (χ3n) is 9.49. The smallest absolute Gasteiger partial charge is 0.408 e. The number of pyridine rings is 1. The topological polar surface area (TPSA) is 158 Å². The highest BCUT2D eigenvalue weighted by molar-refractivity contribution is 7.89. The van der Waals surface area contributed by atoms with Crippen molar-refractivity contribution >= 4 is 56.8 Å². The van der Waals surface area contributed by atoms with Gasteiger partial charge in [-0.25, -0.2) is 27.0 Å². The van der Waals surface area contributed by atoms with E-state index in [1.165, 1.54) is 22.5 Å². The molecule has 3 fully saturated rings. The zero-order valence-electron chi connectivity index (χ0n) is 29.5. The Labute approximate surface area is 307 Å². The molecule has 3 heterocycles. The molecule has 2 aliphatic heterocycles. The summed E-state index contributed by atoms with van der Waals surface area (Å²) in [7, 11) is -3.83. The molecule has 1 saturated carbocycles. The van der Waals surface area contributed by atoms with Crippen LogP contribution in [0.4, 0.5) is 25.1 Å². The van der Waals surface area contributed by atoms with Crippen molar-refractivity contribution in [1.82, 2.24) is 19.9 Å². The summed E-state index contributed by atoms with van der Waals surface area (Å²) in [5.74, 6) is -5.47. The Kier molecular flexibility index (Phi) is 12.1. The Morgan fingerprint density at radius 3 is 2.17 bits per heavy atom. The number of halogens is 3. The number of hydrogen-bond acceptors (Lipinski definition) is 9. The van der Waals surface area contributed by atoms with Gasteiger partial charge < -0.3 is 25.2 Å². The normalized spacial score (nSPS) is 20.5. The van der Waals surface area contributed by atoms with Gasteiger partial charge in [-0.1, -0.05) is 11.6 Å². The van der Waals surface area contributed by atoms with Crippen LogP contribution in [0.3, 0.4) is 0 Å². The van der Waals surface area contributed by atoms with E-state index in [4.69, 9.17) is 16.3 Å². The number of sulfonamides is 1. The first-order chi connectivity index (χ1) is 24.4. The zero-order chi connectivity index (χ0) is 37.8. The van der Waals surface area contributed by atoms with Gasteiger partial charge >= 0.3 is 6.09 Å². The highest BCUT2D eigenvalue weighted by Crippen LogP contribution is 2.46. The molecule has 284 valence electrons. The number of anilines is 2. The maximum atomic E-state index is 16.0. The SMILES string of the molecule is CC(C)(C)OC(=O)NCC(=O)CNC(=O)[C@H]1CC[C@H](C(F)(F)c2cc(Cl)nc(N3CCN(S(=O)(=O)c4ccc(N5CCCC5=O)cc4)CC3)c2)CC1. The molecular weight excluding hydrogens is 722 g/mol. The lowest BCUT2D eigenvalue weighted by atomic mass is 9.77. The van der Waals surface area contributed by atoms with E-state index in [9.17, 15) is 27.6 Å². The fraction of sp³-hybridized carbons (Fsp3) is 0.571. The van der Waals surface area contributed by atoms with Crippen LogP contribution in [0.1, 0.15) is 64.9 Å². The van der Waals surface area contributed by atoms with Gasteiger partial charge in [-0.3, -0.25) is 14.4 Å². The number of nitrogens with one attached hydrogen (secondary N) is 2. The minimum absolute atomic E-state index is 0.00864. The van der Waals surface area contributed by atoms with Crippen LogP contribution < -0.4 is 20.4 Å². The highest BCUT2D eigenvalue weighted by Gasteiger charge is 2.44. The van der Waals surface area contributed by atoms with E-state index in [1.54, 1.807) is 42.7 Å². The van der Waals surface area contributed by atoms with Gasteiger partial charge in [-0.05, 0) is 89.3 Å². The number of rotatable bonds is 11. The van der Waals surface area contributed by atoms with Crippen molar-refractivity contribution in [3.8, 4) is 0 Å². The lowest BCUT2D eigenvalue weighted by Crippen LogP contribution is -2.49. The Hall–Kier alpha value is -3.89. The molecule has 1 aromatic carbocycles. The standard InChI is InChI=1S/C35H45ClF2N6O7S/c1-34(2,3)51-33(48)40-22-27(45)21-39-32(47)23-6-8-24(9-7-23)35(37,38)25-19-29(36)41-30(20-25)42-15-17-43(18-16-42)52(49,50)28-12-10-26(11-13-28)44-14-4-5-31(44)46/h10-13,19-20,23-24H,4-9,14-18,21-22H2,1-3H3,(H,39,47)(H,40,48)/t23-,24-. The number of hydrogen-bond donors (Lipinski definition) is 2. The average molecular weight is 767 g/mol. The van der Waals surface area contributed by atoms with Crippen LogP contribution >= 0.6 is 11.6 Å². The van der Waals surface area contributed by atoms with Crippen LogP contribution in [0.25, 0.3) is 0 Å².